The van der Waals surface area contributed by atoms with Gasteiger partial charge in [-0.25, -0.2) is 4.39 Å². The van der Waals surface area contributed by atoms with E-state index in [9.17, 15) is 44.6 Å². The lowest BCUT2D eigenvalue weighted by Crippen LogP contribution is -2.57. The van der Waals surface area contributed by atoms with Crippen molar-refractivity contribution in [3.8, 4) is 0 Å². The highest BCUT2D eigenvalue weighted by Gasteiger charge is 3.00. The van der Waals surface area contributed by atoms with Crippen LogP contribution in [0.25, 0.3) is 0 Å². The molecule has 1 aliphatic rings. The van der Waals surface area contributed by atoms with E-state index in [0.717, 1.165) is 6.07 Å². The minimum absolute atomic E-state index is 0.251. The number of benzene rings is 1. The number of alkyl halides is 9. The highest BCUT2D eigenvalue weighted by Crippen LogP contribution is 2.71. The maximum absolute atomic E-state index is 14.8. The summed E-state index contributed by atoms with van der Waals surface area (Å²) in [5.41, 5.74) is -8.52. The van der Waals surface area contributed by atoms with Crippen LogP contribution in [0.5, 0.6) is 0 Å². The van der Waals surface area contributed by atoms with E-state index in [0.29, 0.717) is 19.8 Å². The lowest BCUT2D eigenvalue weighted by atomic mass is 9.78. The van der Waals surface area contributed by atoms with Crippen molar-refractivity contribution < 1.29 is 44.6 Å². The van der Waals surface area contributed by atoms with Crippen LogP contribution >= 0.6 is 0 Å². The average molecular weight is 422 g/mol. The van der Waals surface area contributed by atoms with Crippen molar-refractivity contribution in [2.24, 2.45) is 0 Å². The topological polar surface area (TPSA) is 20.2 Å². The summed E-state index contributed by atoms with van der Waals surface area (Å²) in [5, 5.41) is 10.5. The van der Waals surface area contributed by atoms with E-state index in [-0.39, 0.29) is 17.5 Å². The smallest absolute Gasteiger partial charge is 0.381 e. The van der Waals surface area contributed by atoms with Crippen molar-refractivity contribution in [2.45, 2.75) is 74.5 Å². The monoisotopic (exact) mass is 422 g/mol. The summed E-state index contributed by atoms with van der Waals surface area (Å²) in [6.45, 7) is 2.46. The molecular formula is C18H19F9O. The van der Waals surface area contributed by atoms with Crippen LogP contribution in [0.1, 0.15) is 44.2 Å². The highest BCUT2D eigenvalue weighted by molar-refractivity contribution is 5.35. The van der Waals surface area contributed by atoms with Crippen molar-refractivity contribution in [3.63, 3.8) is 0 Å². The fraction of sp³-hybridized carbons (Fsp3) is 0.667. The van der Waals surface area contributed by atoms with Gasteiger partial charge >= 0.3 is 23.7 Å². The number of hydrogen-bond acceptors (Lipinski definition) is 1. The van der Waals surface area contributed by atoms with Crippen molar-refractivity contribution >= 4 is 0 Å². The molecule has 0 aromatic heterocycles. The fourth-order valence-corrected chi connectivity index (χ4v) is 3.51. The molecule has 0 aliphatic heterocycles. The predicted octanol–water partition coefficient (Wildman–Crippen LogP) is 5.89. The first kappa shape index (κ1) is 22.8. The third kappa shape index (κ3) is 2.74. The van der Waals surface area contributed by atoms with Gasteiger partial charge in [0.25, 0.3) is 5.67 Å². The first-order valence-electron chi connectivity index (χ1n) is 8.52. The fourth-order valence-electron chi connectivity index (χ4n) is 3.51. The molecule has 1 saturated carbocycles. The van der Waals surface area contributed by atoms with Gasteiger partial charge < -0.3 is 5.11 Å². The summed E-state index contributed by atoms with van der Waals surface area (Å²) in [5.74, 6) is -26.1. The van der Waals surface area contributed by atoms with Crippen molar-refractivity contribution in [1.82, 2.24) is 0 Å². The lowest BCUT2D eigenvalue weighted by Gasteiger charge is -2.37. The second kappa shape index (κ2) is 6.53. The second-order valence-electron chi connectivity index (χ2n) is 7.31. The molecule has 0 spiro atoms. The molecule has 1 aromatic carbocycles. The van der Waals surface area contributed by atoms with Crippen LogP contribution in [0.2, 0.25) is 0 Å². The molecule has 0 saturated heterocycles. The van der Waals surface area contributed by atoms with E-state index in [1.54, 1.807) is 6.92 Å². The summed E-state index contributed by atoms with van der Waals surface area (Å²) in [4.78, 5) is 0. The first-order valence-corrected chi connectivity index (χ1v) is 8.52. The molecule has 160 valence electrons. The average Bonchev–Trinajstić information content (AvgIpc) is 2.62. The Kier molecular flexibility index (Phi) is 5.33. The van der Waals surface area contributed by atoms with Crippen molar-refractivity contribution in [3.05, 3.63) is 35.4 Å². The lowest BCUT2D eigenvalue weighted by molar-refractivity contribution is -0.303. The summed E-state index contributed by atoms with van der Waals surface area (Å²) in [6.07, 6.45) is -0.899. The van der Waals surface area contributed by atoms with Gasteiger partial charge in [-0.2, -0.15) is 35.1 Å². The van der Waals surface area contributed by atoms with Crippen LogP contribution in [0, 0.1) is 0 Å². The minimum Gasteiger partial charge on any atom is -0.385 e. The molecule has 1 N–H and O–H groups in total. The zero-order chi connectivity index (χ0) is 21.8. The van der Waals surface area contributed by atoms with Crippen molar-refractivity contribution in [1.29, 1.82) is 0 Å². The zero-order valence-corrected chi connectivity index (χ0v) is 15.0. The van der Waals surface area contributed by atoms with Gasteiger partial charge in [0, 0.05) is 6.42 Å². The van der Waals surface area contributed by atoms with Gasteiger partial charge in [0.15, 0.2) is 0 Å². The van der Waals surface area contributed by atoms with Gasteiger partial charge in [0.1, 0.15) is 0 Å². The maximum atomic E-state index is 14.8. The number of unbranched alkanes of at least 4 members (excludes halogenated alkanes) is 1. The first-order chi connectivity index (χ1) is 12.5. The summed E-state index contributed by atoms with van der Waals surface area (Å²) in [6, 6.07) is 5.31. The molecule has 1 aromatic rings. The van der Waals surface area contributed by atoms with Crippen LogP contribution in [0.15, 0.2) is 24.3 Å². The van der Waals surface area contributed by atoms with Crippen LogP contribution in [-0.4, -0.2) is 34.5 Å². The Hall–Kier alpha value is -1.45. The van der Waals surface area contributed by atoms with Crippen LogP contribution < -0.4 is 0 Å². The van der Waals surface area contributed by atoms with Crippen LogP contribution in [0.3, 0.4) is 0 Å². The molecule has 1 aliphatic carbocycles. The Balaban J connectivity index is 2.57. The van der Waals surface area contributed by atoms with Gasteiger partial charge in [-0.3, -0.25) is 0 Å². The number of halogens is 9. The SMILES string of the molecule is CCCCc1ccccc1C(C)(O)CC1(F)C(F)(F)C(F)(F)C(F)(F)C1(F)F. The molecular weight excluding hydrogens is 403 g/mol. The molecule has 0 heterocycles. The Bertz CT molecular complexity index is 702. The Morgan fingerprint density at radius 2 is 1.29 bits per heavy atom. The molecule has 28 heavy (non-hydrogen) atoms. The third-order valence-corrected chi connectivity index (χ3v) is 5.16. The van der Waals surface area contributed by atoms with Gasteiger partial charge in [-0.15, -0.1) is 0 Å². The predicted molar refractivity (Wildman–Crippen MR) is 82.9 cm³/mol. The Morgan fingerprint density at radius 1 is 0.821 bits per heavy atom. The molecule has 10 heteroatoms. The maximum Gasteiger partial charge on any atom is 0.381 e. The van der Waals surface area contributed by atoms with E-state index in [1.165, 1.54) is 18.2 Å². The summed E-state index contributed by atoms with van der Waals surface area (Å²) in [7, 11) is 0. The third-order valence-electron chi connectivity index (χ3n) is 5.16. The van der Waals surface area contributed by atoms with E-state index in [4.69, 9.17) is 0 Å². The largest absolute Gasteiger partial charge is 0.385 e. The van der Waals surface area contributed by atoms with Gasteiger partial charge in [-0.1, -0.05) is 37.6 Å². The molecule has 1 atom stereocenters. The van der Waals surface area contributed by atoms with Gasteiger partial charge in [0.2, 0.25) is 0 Å². The number of rotatable bonds is 6. The molecule has 1 nitrogen and oxygen atoms in total. The van der Waals surface area contributed by atoms with Crippen LogP contribution in [-0.2, 0) is 12.0 Å². The quantitative estimate of drug-likeness (QED) is 0.567. The van der Waals surface area contributed by atoms with E-state index in [1.807, 2.05) is 0 Å². The summed E-state index contributed by atoms with van der Waals surface area (Å²) < 4.78 is 124. The molecule has 1 fully saturated rings. The Morgan fingerprint density at radius 3 is 1.75 bits per heavy atom. The van der Waals surface area contributed by atoms with Gasteiger partial charge in [-0.05, 0) is 30.9 Å². The number of hydrogen-bond donors (Lipinski definition) is 1. The molecule has 0 bridgehead atoms. The van der Waals surface area contributed by atoms with Gasteiger partial charge in [0.05, 0.1) is 5.60 Å². The van der Waals surface area contributed by atoms with E-state index >= 15 is 0 Å². The van der Waals surface area contributed by atoms with E-state index in [2.05, 4.69) is 0 Å². The zero-order valence-electron chi connectivity index (χ0n) is 15.0. The molecule has 0 radical (unpaired) electrons. The molecule has 2 rings (SSSR count). The summed E-state index contributed by atoms with van der Waals surface area (Å²) >= 11 is 0. The minimum atomic E-state index is -6.64. The Labute approximate surface area is 155 Å². The number of aryl methyl sites for hydroxylation is 1. The standard InChI is InChI=1S/C18H19F9O/c1-3-4-7-11-8-5-6-9-12(11)13(2,28)10-14(19)15(20,21)17(24,25)18(26,27)16(14,22)23/h5-6,8-9,28H,3-4,7,10H2,1-2H3. The van der Waals surface area contributed by atoms with E-state index < -0.39 is 41.4 Å². The van der Waals surface area contributed by atoms with Crippen molar-refractivity contribution in [2.75, 3.05) is 0 Å². The molecule has 1 unspecified atom stereocenters. The molecule has 0 amide bonds. The van der Waals surface area contributed by atoms with Crippen LogP contribution in [0.4, 0.5) is 39.5 Å². The highest BCUT2D eigenvalue weighted by atomic mass is 19.4. The number of aliphatic hydroxyl groups is 1. The normalized spacial score (nSPS) is 26.0. The second-order valence-corrected chi connectivity index (χ2v) is 7.31.